The molecule has 0 spiro atoms. The van der Waals surface area contributed by atoms with Crippen molar-refractivity contribution in [3.8, 4) is 5.75 Å². The van der Waals surface area contributed by atoms with Crippen LogP contribution in [-0.2, 0) is 22.5 Å². The average Bonchev–Trinajstić information content (AvgIpc) is 3.33. The van der Waals surface area contributed by atoms with Gasteiger partial charge in [0.25, 0.3) is 0 Å². The number of hydrogen-bond donors (Lipinski definition) is 2. The van der Waals surface area contributed by atoms with Crippen LogP contribution in [0.2, 0.25) is 0 Å². The highest BCUT2D eigenvalue weighted by Crippen LogP contribution is 2.29. The number of nitrogens with zero attached hydrogens (tertiary/aromatic N) is 2. The van der Waals surface area contributed by atoms with Crippen LogP contribution in [-0.4, -0.2) is 67.7 Å². The van der Waals surface area contributed by atoms with Crippen LogP contribution in [0.1, 0.15) is 29.7 Å². The van der Waals surface area contributed by atoms with Gasteiger partial charge in [0.2, 0.25) is 0 Å². The molecule has 2 aromatic rings. The number of urea groups is 1. The first kappa shape index (κ1) is 23.4. The van der Waals surface area contributed by atoms with Gasteiger partial charge in [-0.05, 0) is 29.7 Å². The third-order valence-corrected chi connectivity index (χ3v) is 6.79. The van der Waals surface area contributed by atoms with Crippen molar-refractivity contribution in [3.63, 3.8) is 0 Å². The van der Waals surface area contributed by atoms with Crippen molar-refractivity contribution in [2.24, 2.45) is 0 Å². The standard InChI is InChI=1S/C27H32N4O4/c1-2-34-26(32)24-22(28-27(33)29-25(24)20-6-4-3-5-7-20)18-31-13-11-30(12-14-31)17-19-8-9-23-21(16-19)10-15-35-23/h3-9,16,25H,2,10-15,17-18H2,1H3,(H2,28,29,33). The van der Waals surface area contributed by atoms with Crippen LogP contribution < -0.4 is 15.4 Å². The fourth-order valence-electron chi connectivity index (χ4n) is 5.01. The van der Waals surface area contributed by atoms with Crippen molar-refractivity contribution >= 4 is 12.0 Å². The van der Waals surface area contributed by atoms with E-state index in [9.17, 15) is 9.59 Å². The van der Waals surface area contributed by atoms with E-state index in [1.807, 2.05) is 30.3 Å². The summed E-state index contributed by atoms with van der Waals surface area (Å²) in [6.45, 7) is 7.80. The van der Waals surface area contributed by atoms with Crippen LogP contribution in [0, 0.1) is 0 Å². The Bertz CT molecular complexity index is 1110. The molecule has 0 radical (unpaired) electrons. The molecule has 3 heterocycles. The van der Waals surface area contributed by atoms with Gasteiger partial charge in [0.1, 0.15) is 5.75 Å². The number of fused-ring (bicyclic) bond motifs is 1. The van der Waals surface area contributed by atoms with Crippen molar-refractivity contribution < 1.29 is 19.1 Å². The molecule has 3 aliphatic heterocycles. The minimum absolute atomic E-state index is 0.276. The molecule has 1 saturated heterocycles. The minimum atomic E-state index is -0.538. The predicted molar refractivity (Wildman–Crippen MR) is 132 cm³/mol. The van der Waals surface area contributed by atoms with E-state index in [1.165, 1.54) is 11.1 Å². The van der Waals surface area contributed by atoms with Crippen LogP contribution in [0.3, 0.4) is 0 Å². The summed E-state index contributed by atoms with van der Waals surface area (Å²) in [5.74, 6) is 0.616. The fraction of sp³-hybridized carbons (Fsp3) is 0.407. The summed E-state index contributed by atoms with van der Waals surface area (Å²) in [7, 11) is 0. The highest BCUT2D eigenvalue weighted by molar-refractivity contribution is 5.95. The van der Waals surface area contributed by atoms with Crippen LogP contribution in [0.15, 0.2) is 59.8 Å². The molecule has 8 heteroatoms. The number of esters is 1. The average molecular weight is 477 g/mol. The summed E-state index contributed by atoms with van der Waals surface area (Å²) < 4.78 is 11.0. The topological polar surface area (TPSA) is 83.1 Å². The van der Waals surface area contributed by atoms with Crippen LogP contribution >= 0.6 is 0 Å². The maximum atomic E-state index is 13.0. The summed E-state index contributed by atoms with van der Waals surface area (Å²) in [5.41, 5.74) is 4.56. The third-order valence-electron chi connectivity index (χ3n) is 6.79. The zero-order valence-electron chi connectivity index (χ0n) is 20.1. The molecule has 35 heavy (non-hydrogen) atoms. The first-order chi connectivity index (χ1) is 17.1. The van der Waals surface area contributed by atoms with Gasteiger partial charge in [-0.15, -0.1) is 0 Å². The van der Waals surface area contributed by atoms with Gasteiger partial charge in [0, 0.05) is 51.4 Å². The van der Waals surface area contributed by atoms with Crippen molar-refractivity contribution in [2.75, 3.05) is 45.9 Å². The molecule has 0 saturated carbocycles. The highest BCUT2D eigenvalue weighted by atomic mass is 16.5. The van der Waals surface area contributed by atoms with Gasteiger partial charge in [-0.1, -0.05) is 42.5 Å². The second kappa shape index (κ2) is 10.5. The van der Waals surface area contributed by atoms with Gasteiger partial charge in [0.05, 0.1) is 24.8 Å². The number of nitrogens with one attached hydrogen (secondary N) is 2. The fourth-order valence-corrected chi connectivity index (χ4v) is 5.01. The molecule has 1 atom stereocenters. The normalized spacial score (nSPS) is 20.6. The summed E-state index contributed by atoms with van der Waals surface area (Å²) in [6.07, 6.45) is 0.986. The van der Waals surface area contributed by atoms with E-state index in [0.717, 1.165) is 57.1 Å². The number of carbonyl (C=O) groups is 2. The quantitative estimate of drug-likeness (QED) is 0.598. The zero-order chi connectivity index (χ0) is 24.2. The maximum absolute atomic E-state index is 13.0. The van der Waals surface area contributed by atoms with Crippen molar-refractivity contribution in [3.05, 3.63) is 76.5 Å². The minimum Gasteiger partial charge on any atom is -0.493 e. The molecule has 8 nitrogen and oxygen atoms in total. The molecule has 0 bridgehead atoms. The predicted octanol–water partition coefficient (Wildman–Crippen LogP) is 2.61. The van der Waals surface area contributed by atoms with Gasteiger partial charge >= 0.3 is 12.0 Å². The van der Waals surface area contributed by atoms with Gasteiger partial charge in [-0.2, -0.15) is 0 Å². The Morgan fingerprint density at radius 1 is 1.06 bits per heavy atom. The van der Waals surface area contributed by atoms with E-state index < -0.39 is 12.0 Å². The van der Waals surface area contributed by atoms with E-state index in [1.54, 1.807) is 6.92 Å². The first-order valence-corrected chi connectivity index (χ1v) is 12.3. The van der Waals surface area contributed by atoms with E-state index >= 15 is 0 Å². The lowest BCUT2D eigenvalue weighted by atomic mass is 9.95. The van der Waals surface area contributed by atoms with Crippen molar-refractivity contribution in [2.45, 2.75) is 25.9 Å². The number of benzene rings is 2. The Labute approximate surface area is 205 Å². The van der Waals surface area contributed by atoms with Crippen LogP contribution in [0.25, 0.3) is 0 Å². The van der Waals surface area contributed by atoms with Gasteiger partial charge in [0.15, 0.2) is 0 Å². The number of rotatable bonds is 7. The number of piperazine rings is 1. The third kappa shape index (κ3) is 5.33. The number of amides is 2. The van der Waals surface area contributed by atoms with Crippen LogP contribution in [0.4, 0.5) is 4.79 Å². The molecule has 3 aliphatic rings. The maximum Gasteiger partial charge on any atom is 0.338 e. The molecule has 1 fully saturated rings. The Kier molecular flexibility index (Phi) is 7.01. The molecule has 2 aromatic carbocycles. The molecule has 184 valence electrons. The smallest absolute Gasteiger partial charge is 0.338 e. The Morgan fingerprint density at radius 2 is 1.80 bits per heavy atom. The Morgan fingerprint density at radius 3 is 2.54 bits per heavy atom. The molecule has 0 aliphatic carbocycles. The summed E-state index contributed by atoms with van der Waals surface area (Å²) in [6, 6.07) is 15.2. The van der Waals surface area contributed by atoms with E-state index in [2.05, 4.69) is 38.6 Å². The largest absolute Gasteiger partial charge is 0.493 e. The molecule has 0 aromatic heterocycles. The second-order valence-electron chi connectivity index (χ2n) is 9.15. The first-order valence-electron chi connectivity index (χ1n) is 12.3. The molecular formula is C27H32N4O4. The Balaban J connectivity index is 1.27. The molecule has 2 amide bonds. The molecule has 1 unspecified atom stereocenters. The lowest BCUT2D eigenvalue weighted by molar-refractivity contribution is -0.139. The van der Waals surface area contributed by atoms with Gasteiger partial charge in [-0.3, -0.25) is 9.80 Å². The zero-order valence-corrected chi connectivity index (χ0v) is 20.1. The van der Waals surface area contributed by atoms with E-state index in [4.69, 9.17) is 9.47 Å². The second-order valence-corrected chi connectivity index (χ2v) is 9.15. The van der Waals surface area contributed by atoms with Gasteiger partial charge < -0.3 is 20.1 Å². The molecular weight excluding hydrogens is 444 g/mol. The van der Waals surface area contributed by atoms with E-state index in [0.29, 0.717) is 17.8 Å². The van der Waals surface area contributed by atoms with Crippen molar-refractivity contribution in [1.82, 2.24) is 20.4 Å². The number of carbonyl (C=O) groups excluding carboxylic acids is 2. The van der Waals surface area contributed by atoms with Crippen LogP contribution in [0.5, 0.6) is 5.75 Å². The lowest BCUT2D eigenvalue weighted by Gasteiger charge is -2.37. The lowest BCUT2D eigenvalue weighted by Crippen LogP contribution is -2.51. The number of ether oxygens (including phenoxy) is 2. The molecule has 2 N–H and O–H groups in total. The van der Waals surface area contributed by atoms with Gasteiger partial charge in [-0.25, -0.2) is 9.59 Å². The Hall–Kier alpha value is -3.36. The summed E-state index contributed by atoms with van der Waals surface area (Å²) in [4.78, 5) is 30.2. The van der Waals surface area contributed by atoms with Crippen molar-refractivity contribution in [1.29, 1.82) is 0 Å². The summed E-state index contributed by atoms with van der Waals surface area (Å²) in [5, 5.41) is 5.79. The number of hydrogen-bond acceptors (Lipinski definition) is 6. The highest BCUT2D eigenvalue weighted by Gasteiger charge is 2.34. The monoisotopic (exact) mass is 476 g/mol. The summed E-state index contributed by atoms with van der Waals surface area (Å²) >= 11 is 0. The van der Waals surface area contributed by atoms with E-state index in [-0.39, 0.29) is 12.6 Å². The molecule has 5 rings (SSSR count). The SMILES string of the molecule is CCOC(=O)C1=C(CN2CCN(Cc3ccc4c(c3)CCO4)CC2)NC(=O)NC1c1ccccc1.